The number of hydrogen-bond donors (Lipinski definition) is 2. The first kappa shape index (κ1) is 18.4. The van der Waals surface area contributed by atoms with Gasteiger partial charge in [-0.15, -0.1) is 0 Å². The quantitative estimate of drug-likeness (QED) is 0.838. The van der Waals surface area contributed by atoms with Crippen LogP contribution in [0.4, 0.5) is 5.69 Å². The maximum atomic E-state index is 12.4. The molecule has 2 N–H and O–H groups in total. The molecular weight excluding hydrogens is 350 g/mol. The highest BCUT2D eigenvalue weighted by molar-refractivity contribution is 6.31. The molecule has 5 nitrogen and oxygen atoms in total. The third-order valence-corrected chi connectivity index (χ3v) is 5.04. The molecule has 136 valence electrons. The summed E-state index contributed by atoms with van der Waals surface area (Å²) in [4.78, 5) is 28.9. The number of anilines is 1. The van der Waals surface area contributed by atoms with Crippen molar-refractivity contribution in [3.8, 4) is 0 Å². The minimum absolute atomic E-state index is 0.183. The number of pyridine rings is 1. The Bertz CT molecular complexity index is 816. The van der Waals surface area contributed by atoms with Gasteiger partial charge in [0.2, 0.25) is 0 Å². The summed E-state index contributed by atoms with van der Waals surface area (Å²) in [6, 6.07) is 7.10. The minimum Gasteiger partial charge on any atom is -0.349 e. The molecule has 2 aromatic rings. The molecule has 1 aromatic heterocycles. The molecule has 26 heavy (non-hydrogen) atoms. The van der Waals surface area contributed by atoms with Gasteiger partial charge in [-0.1, -0.05) is 36.9 Å². The van der Waals surface area contributed by atoms with Crippen LogP contribution in [0, 0.1) is 6.92 Å². The van der Waals surface area contributed by atoms with E-state index in [0.29, 0.717) is 21.8 Å². The third-order valence-electron chi connectivity index (χ3n) is 4.63. The molecule has 1 aliphatic carbocycles. The zero-order valence-corrected chi connectivity index (χ0v) is 15.5. The predicted octanol–water partition coefficient (Wildman–Crippen LogP) is 4.36. The van der Waals surface area contributed by atoms with Crippen molar-refractivity contribution in [3.63, 3.8) is 0 Å². The van der Waals surface area contributed by atoms with E-state index in [1.54, 1.807) is 18.2 Å². The summed E-state index contributed by atoms with van der Waals surface area (Å²) < 4.78 is 0. The first-order valence-corrected chi connectivity index (χ1v) is 9.24. The Morgan fingerprint density at radius 3 is 2.42 bits per heavy atom. The fraction of sp³-hybridized carbons (Fsp3) is 0.350. The van der Waals surface area contributed by atoms with Crippen molar-refractivity contribution in [1.82, 2.24) is 10.3 Å². The van der Waals surface area contributed by atoms with Gasteiger partial charge in [0.05, 0.1) is 11.1 Å². The average molecular weight is 372 g/mol. The normalized spacial score (nSPS) is 14.7. The Morgan fingerprint density at radius 2 is 1.73 bits per heavy atom. The van der Waals surface area contributed by atoms with Crippen LogP contribution < -0.4 is 10.6 Å². The summed E-state index contributed by atoms with van der Waals surface area (Å²) >= 11 is 6.09. The SMILES string of the molecule is Cc1ccc(NC(=O)c2cncc(C(=O)NC3CCCCC3)c2)cc1Cl. The molecule has 0 radical (unpaired) electrons. The lowest BCUT2D eigenvalue weighted by Crippen LogP contribution is -2.36. The van der Waals surface area contributed by atoms with Crippen LogP contribution >= 0.6 is 11.6 Å². The van der Waals surface area contributed by atoms with Crippen molar-refractivity contribution in [2.24, 2.45) is 0 Å². The standard InChI is InChI=1S/C20H22ClN3O2/c1-13-7-8-17(10-18(13)21)24-20(26)15-9-14(11-22-12-15)19(25)23-16-5-3-2-4-6-16/h7-12,16H,2-6H2,1H3,(H,23,25)(H,24,26). The van der Waals surface area contributed by atoms with Crippen LogP contribution in [-0.4, -0.2) is 22.8 Å². The van der Waals surface area contributed by atoms with Crippen molar-refractivity contribution in [1.29, 1.82) is 0 Å². The third kappa shape index (κ3) is 4.61. The van der Waals surface area contributed by atoms with Gasteiger partial charge in [-0.3, -0.25) is 14.6 Å². The molecule has 3 rings (SSSR count). The van der Waals surface area contributed by atoms with Gasteiger partial charge in [-0.2, -0.15) is 0 Å². The lowest BCUT2D eigenvalue weighted by atomic mass is 9.95. The van der Waals surface area contributed by atoms with Crippen LogP contribution in [0.3, 0.4) is 0 Å². The molecule has 0 unspecified atom stereocenters. The molecule has 0 saturated heterocycles. The molecule has 6 heteroatoms. The average Bonchev–Trinajstić information content (AvgIpc) is 2.65. The van der Waals surface area contributed by atoms with E-state index >= 15 is 0 Å². The van der Waals surface area contributed by atoms with Crippen LogP contribution in [0.15, 0.2) is 36.7 Å². The van der Waals surface area contributed by atoms with E-state index in [-0.39, 0.29) is 17.9 Å². The van der Waals surface area contributed by atoms with Gasteiger partial charge in [0.1, 0.15) is 0 Å². The second kappa shape index (κ2) is 8.32. The Morgan fingerprint density at radius 1 is 1.04 bits per heavy atom. The van der Waals surface area contributed by atoms with Gasteiger partial charge in [0.25, 0.3) is 11.8 Å². The number of aryl methyl sites for hydroxylation is 1. The molecule has 1 saturated carbocycles. The summed E-state index contributed by atoms with van der Waals surface area (Å²) in [6.07, 6.45) is 8.46. The van der Waals surface area contributed by atoms with Gasteiger partial charge in [0, 0.05) is 29.1 Å². The van der Waals surface area contributed by atoms with Crippen molar-refractivity contribution in [2.75, 3.05) is 5.32 Å². The van der Waals surface area contributed by atoms with Gasteiger partial charge in [-0.25, -0.2) is 0 Å². The highest BCUT2D eigenvalue weighted by atomic mass is 35.5. The summed E-state index contributed by atoms with van der Waals surface area (Å²) in [5, 5.41) is 6.40. The van der Waals surface area contributed by atoms with Gasteiger partial charge >= 0.3 is 0 Å². The lowest BCUT2D eigenvalue weighted by Gasteiger charge is -2.22. The number of aromatic nitrogens is 1. The van der Waals surface area contributed by atoms with Crippen molar-refractivity contribution < 1.29 is 9.59 Å². The molecule has 0 aliphatic heterocycles. The summed E-state index contributed by atoms with van der Waals surface area (Å²) in [6.45, 7) is 1.90. The zero-order valence-electron chi connectivity index (χ0n) is 14.7. The molecule has 0 atom stereocenters. The van der Waals surface area contributed by atoms with Gasteiger partial charge < -0.3 is 10.6 Å². The maximum Gasteiger partial charge on any atom is 0.257 e. The summed E-state index contributed by atoms with van der Waals surface area (Å²) in [7, 11) is 0. The molecule has 1 fully saturated rings. The number of benzene rings is 1. The topological polar surface area (TPSA) is 71.1 Å². The van der Waals surface area contributed by atoms with E-state index in [1.807, 2.05) is 13.0 Å². The lowest BCUT2D eigenvalue weighted by molar-refractivity contribution is 0.0927. The number of rotatable bonds is 4. The fourth-order valence-electron chi connectivity index (χ4n) is 3.08. The van der Waals surface area contributed by atoms with E-state index < -0.39 is 0 Å². The van der Waals surface area contributed by atoms with E-state index in [9.17, 15) is 9.59 Å². The number of hydrogen-bond acceptors (Lipinski definition) is 3. The molecule has 0 spiro atoms. The summed E-state index contributed by atoms with van der Waals surface area (Å²) in [5.74, 6) is -0.512. The minimum atomic E-state index is -0.329. The molecule has 2 amide bonds. The first-order chi connectivity index (χ1) is 12.5. The van der Waals surface area contributed by atoms with Crippen molar-refractivity contribution in [3.05, 3.63) is 58.4 Å². The van der Waals surface area contributed by atoms with Crippen LogP contribution in [0.2, 0.25) is 5.02 Å². The number of carbonyl (C=O) groups excluding carboxylic acids is 2. The largest absolute Gasteiger partial charge is 0.349 e. The predicted molar refractivity (Wildman–Crippen MR) is 103 cm³/mol. The highest BCUT2D eigenvalue weighted by Crippen LogP contribution is 2.21. The molecule has 1 aromatic carbocycles. The van der Waals surface area contributed by atoms with Crippen molar-refractivity contribution >= 4 is 29.1 Å². The molecule has 1 heterocycles. The van der Waals surface area contributed by atoms with E-state index in [0.717, 1.165) is 31.2 Å². The van der Waals surface area contributed by atoms with E-state index in [4.69, 9.17) is 11.6 Å². The Kier molecular flexibility index (Phi) is 5.89. The first-order valence-electron chi connectivity index (χ1n) is 8.86. The zero-order chi connectivity index (χ0) is 18.5. The Hall–Kier alpha value is -2.40. The molecule has 0 bridgehead atoms. The second-order valence-corrected chi connectivity index (χ2v) is 7.10. The Labute approximate surface area is 158 Å². The second-order valence-electron chi connectivity index (χ2n) is 6.69. The number of halogens is 1. The number of nitrogens with one attached hydrogen (secondary N) is 2. The van der Waals surface area contributed by atoms with E-state index in [2.05, 4.69) is 15.6 Å². The molecule has 1 aliphatic rings. The van der Waals surface area contributed by atoms with Gasteiger partial charge in [-0.05, 0) is 43.5 Å². The fourth-order valence-corrected chi connectivity index (χ4v) is 3.26. The van der Waals surface area contributed by atoms with Crippen LogP contribution in [-0.2, 0) is 0 Å². The van der Waals surface area contributed by atoms with Crippen LogP contribution in [0.5, 0.6) is 0 Å². The number of carbonyl (C=O) groups is 2. The van der Waals surface area contributed by atoms with Crippen LogP contribution in [0.1, 0.15) is 58.4 Å². The Balaban J connectivity index is 1.68. The van der Waals surface area contributed by atoms with E-state index in [1.165, 1.54) is 18.8 Å². The highest BCUT2D eigenvalue weighted by Gasteiger charge is 2.18. The smallest absolute Gasteiger partial charge is 0.257 e. The van der Waals surface area contributed by atoms with Gasteiger partial charge in [0.15, 0.2) is 0 Å². The van der Waals surface area contributed by atoms with Crippen LogP contribution in [0.25, 0.3) is 0 Å². The summed E-state index contributed by atoms with van der Waals surface area (Å²) in [5.41, 5.74) is 2.26. The number of amides is 2. The maximum absolute atomic E-state index is 12.4. The monoisotopic (exact) mass is 371 g/mol. The molecular formula is C20H22ClN3O2. The number of nitrogens with zero attached hydrogens (tertiary/aromatic N) is 1. The van der Waals surface area contributed by atoms with Crippen molar-refractivity contribution in [2.45, 2.75) is 45.1 Å².